The molecule has 1 aromatic carbocycles. The smallest absolute Gasteiger partial charge is 0.455 e. The number of ether oxygens (including phenoxy) is 1. The Kier molecular flexibility index (Phi) is 5.42. The van der Waals surface area contributed by atoms with Crippen LogP contribution in [0.5, 0.6) is 5.75 Å². The third kappa shape index (κ3) is 4.32. The molecule has 1 amide bonds. The summed E-state index contributed by atoms with van der Waals surface area (Å²) < 4.78 is 111. The van der Waals surface area contributed by atoms with Crippen molar-refractivity contribution in [1.82, 2.24) is 15.0 Å². The summed E-state index contributed by atoms with van der Waals surface area (Å²) in [5, 5.41) is 2.93. The summed E-state index contributed by atoms with van der Waals surface area (Å²) in [6.45, 7) is 0.653. The van der Waals surface area contributed by atoms with E-state index in [1.165, 1.54) is 4.90 Å². The van der Waals surface area contributed by atoms with E-state index in [9.17, 15) is 39.6 Å². The van der Waals surface area contributed by atoms with Crippen LogP contribution in [0.3, 0.4) is 0 Å². The fourth-order valence-electron chi connectivity index (χ4n) is 3.95. The van der Waals surface area contributed by atoms with Gasteiger partial charge < -0.3 is 14.2 Å². The van der Waals surface area contributed by atoms with Crippen molar-refractivity contribution in [3.8, 4) is 5.75 Å². The first-order valence-electron chi connectivity index (χ1n) is 9.80. The van der Waals surface area contributed by atoms with Crippen LogP contribution in [0.1, 0.15) is 35.4 Å². The van der Waals surface area contributed by atoms with E-state index in [0.717, 1.165) is 31.4 Å². The van der Waals surface area contributed by atoms with Crippen molar-refractivity contribution in [2.24, 2.45) is 5.92 Å². The van der Waals surface area contributed by atoms with Gasteiger partial charge in [0, 0.05) is 19.3 Å². The summed E-state index contributed by atoms with van der Waals surface area (Å²) >= 11 is 0. The zero-order chi connectivity index (χ0) is 25.3. The molecule has 0 spiro atoms. The predicted octanol–water partition coefficient (Wildman–Crippen LogP) is 3.24. The molecule has 1 saturated carbocycles. The maximum absolute atomic E-state index is 13.2. The largest absolute Gasteiger partial charge is 0.480 e. The quantitative estimate of drug-likeness (QED) is 0.566. The average Bonchev–Trinajstić information content (AvgIpc) is 3.07. The summed E-state index contributed by atoms with van der Waals surface area (Å²) in [7, 11) is -3.81. The molecule has 1 saturated heterocycles. The van der Waals surface area contributed by atoms with Crippen molar-refractivity contribution >= 4 is 15.7 Å². The Bertz CT molecular complexity index is 1240. The van der Waals surface area contributed by atoms with Gasteiger partial charge in [-0.2, -0.15) is 31.3 Å². The number of likely N-dealkylation sites (tertiary alicyclic amines) is 1. The van der Waals surface area contributed by atoms with E-state index in [2.05, 4.69) is 10.1 Å². The Morgan fingerprint density at radius 3 is 2.50 bits per heavy atom. The molecule has 186 valence electrons. The SMILES string of the molecule is C[C@H](Oc1ccc(S(C)(=O)=O)cc1C(=O)N1CC2CC2(c2nc(C(F)(F)F)no2)C1)C(F)(F)F. The predicted molar refractivity (Wildman–Crippen MR) is 101 cm³/mol. The lowest BCUT2D eigenvalue weighted by atomic mass is 10.1. The minimum Gasteiger partial charge on any atom is -0.480 e. The fraction of sp³-hybridized carbons (Fsp3) is 0.526. The maximum Gasteiger partial charge on any atom is 0.455 e. The normalized spacial score (nSPS) is 23.5. The van der Waals surface area contributed by atoms with E-state index >= 15 is 0 Å². The average molecular weight is 513 g/mol. The topological polar surface area (TPSA) is 103 Å². The van der Waals surface area contributed by atoms with Gasteiger partial charge in [0.2, 0.25) is 5.89 Å². The standard InChI is InChI=1S/C19H17F6N3O5S/c1-9(18(20,21)22)32-13-4-3-11(34(2,30)31)5-12(13)14(29)28-7-10-6-17(10,8-28)16-26-15(27-33-16)19(23,24)25/h3-5,9-10H,6-8H2,1-2H3/t9-,10?,17?/m0/s1. The van der Waals surface area contributed by atoms with Crippen molar-refractivity contribution in [2.45, 2.75) is 42.1 Å². The molecule has 0 radical (unpaired) electrons. The monoisotopic (exact) mass is 513 g/mol. The number of amides is 1. The van der Waals surface area contributed by atoms with Crippen LogP contribution in [0.25, 0.3) is 0 Å². The minimum atomic E-state index is -4.82. The van der Waals surface area contributed by atoms with Gasteiger partial charge >= 0.3 is 12.4 Å². The van der Waals surface area contributed by atoms with Crippen LogP contribution in [0.4, 0.5) is 26.3 Å². The van der Waals surface area contributed by atoms with Crippen molar-refractivity contribution in [2.75, 3.05) is 19.3 Å². The second kappa shape index (κ2) is 7.58. The van der Waals surface area contributed by atoms with Crippen LogP contribution in [0.15, 0.2) is 27.6 Å². The van der Waals surface area contributed by atoms with Gasteiger partial charge in [0.05, 0.1) is 15.9 Å². The van der Waals surface area contributed by atoms with E-state index in [-0.39, 0.29) is 29.8 Å². The first-order chi connectivity index (χ1) is 15.5. The van der Waals surface area contributed by atoms with Crippen molar-refractivity contribution < 1.29 is 48.8 Å². The Labute approximate surface area is 188 Å². The molecule has 15 heteroatoms. The maximum atomic E-state index is 13.2. The molecule has 2 aromatic rings. The fourth-order valence-corrected chi connectivity index (χ4v) is 4.59. The number of alkyl halides is 6. The van der Waals surface area contributed by atoms with Gasteiger partial charge in [-0.25, -0.2) is 8.42 Å². The molecule has 0 N–H and O–H groups in total. The van der Waals surface area contributed by atoms with Crippen LogP contribution in [0.2, 0.25) is 0 Å². The summed E-state index contributed by atoms with van der Waals surface area (Å²) in [6, 6.07) is 2.90. The number of rotatable bonds is 5. The molecule has 1 aliphatic heterocycles. The van der Waals surface area contributed by atoms with Crippen LogP contribution in [0, 0.1) is 5.92 Å². The molecule has 1 aromatic heterocycles. The number of piperidine rings is 1. The van der Waals surface area contributed by atoms with Gasteiger partial charge in [-0.15, -0.1) is 0 Å². The van der Waals surface area contributed by atoms with Gasteiger partial charge in [0.15, 0.2) is 15.9 Å². The molecule has 3 atom stereocenters. The number of sulfone groups is 1. The van der Waals surface area contributed by atoms with Gasteiger partial charge in [0.1, 0.15) is 5.75 Å². The number of carbonyl (C=O) groups is 1. The molecule has 34 heavy (non-hydrogen) atoms. The number of hydrogen-bond donors (Lipinski definition) is 0. The van der Waals surface area contributed by atoms with Crippen molar-refractivity contribution in [1.29, 1.82) is 0 Å². The number of halogens is 6. The van der Waals surface area contributed by atoms with E-state index in [1.807, 2.05) is 0 Å². The summed E-state index contributed by atoms with van der Waals surface area (Å²) in [5.41, 5.74) is -1.42. The van der Waals surface area contributed by atoms with Crippen LogP contribution in [-0.4, -0.2) is 61.0 Å². The Morgan fingerprint density at radius 2 is 1.94 bits per heavy atom. The first-order valence-corrected chi connectivity index (χ1v) is 11.7. The molecular formula is C19H17F6N3O5S. The third-order valence-electron chi connectivity index (χ3n) is 5.91. The van der Waals surface area contributed by atoms with Crippen molar-refractivity contribution in [3.63, 3.8) is 0 Å². The van der Waals surface area contributed by atoms with Gasteiger partial charge in [-0.05, 0) is 37.5 Å². The zero-order valence-corrected chi connectivity index (χ0v) is 18.4. The summed E-state index contributed by atoms with van der Waals surface area (Å²) in [5.74, 6) is -3.35. The lowest BCUT2D eigenvalue weighted by Gasteiger charge is -2.23. The summed E-state index contributed by atoms with van der Waals surface area (Å²) in [4.78, 5) is 17.5. The highest BCUT2D eigenvalue weighted by Crippen LogP contribution is 2.59. The van der Waals surface area contributed by atoms with Crippen LogP contribution < -0.4 is 4.74 Å². The molecule has 2 heterocycles. The highest BCUT2D eigenvalue weighted by atomic mass is 32.2. The van der Waals surface area contributed by atoms with Gasteiger partial charge in [-0.3, -0.25) is 4.79 Å². The van der Waals surface area contributed by atoms with Gasteiger partial charge in [0.25, 0.3) is 11.7 Å². The van der Waals surface area contributed by atoms with E-state index in [4.69, 9.17) is 9.26 Å². The number of benzene rings is 1. The highest BCUT2D eigenvalue weighted by molar-refractivity contribution is 7.90. The number of hydrogen-bond acceptors (Lipinski definition) is 7. The molecular weight excluding hydrogens is 496 g/mol. The first kappa shape index (κ1) is 24.3. The molecule has 1 aliphatic carbocycles. The second-order valence-electron chi connectivity index (χ2n) is 8.40. The molecule has 2 unspecified atom stereocenters. The van der Waals surface area contributed by atoms with Gasteiger partial charge in [-0.1, -0.05) is 5.16 Å². The third-order valence-corrected chi connectivity index (χ3v) is 7.02. The van der Waals surface area contributed by atoms with E-state index in [0.29, 0.717) is 6.42 Å². The van der Waals surface area contributed by atoms with Crippen LogP contribution in [-0.2, 0) is 21.4 Å². The molecule has 2 fully saturated rings. The minimum absolute atomic E-state index is 0.0555. The number of fused-ring (bicyclic) bond motifs is 1. The Morgan fingerprint density at radius 1 is 1.26 bits per heavy atom. The number of nitrogens with zero attached hydrogens (tertiary/aromatic N) is 3. The Hall–Kier alpha value is -2.84. The second-order valence-corrected chi connectivity index (χ2v) is 10.4. The van der Waals surface area contributed by atoms with E-state index < -0.39 is 56.8 Å². The van der Waals surface area contributed by atoms with E-state index in [1.54, 1.807) is 0 Å². The van der Waals surface area contributed by atoms with Crippen LogP contribution >= 0.6 is 0 Å². The lowest BCUT2D eigenvalue weighted by molar-refractivity contribution is -0.189. The van der Waals surface area contributed by atoms with Crippen molar-refractivity contribution in [3.05, 3.63) is 35.5 Å². The highest BCUT2D eigenvalue weighted by Gasteiger charge is 2.66. The Balaban J connectivity index is 1.63. The molecule has 2 aliphatic rings. The molecule has 0 bridgehead atoms. The number of aromatic nitrogens is 2. The number of carbonyl (C=O) groups excluding carboxylic acids is 1. The molecule has 8 nitrogen and oxygen atoms in total. The summed E-state index contributed by atoms with van der Waals surface area (Å²) in [6.07, 6.45) is -10.6. The zero-order valence-electron chi connectivity index (χ0n) is 17.6. The molecule has 4 rings (SSSR count). The lowest BCUT2D eigenvalue weighted by Crippen LogP contribution is -2.35.